The van der Waals surface area contributed by atoms with Crippen LogP contribution in [-0.2, 0) is 13.1 Å². The molecule has 0 atom stereocenters. The molecule has 0 bridgehead atoms. The van der Waals surface area contributed by atoms with E-state index in [0.717, 1.165) is 27.9 Å². The molecule has 1 aromatic carbocycles. The molecule has 3 aromatic heterocycles. The number of nitrogens with two attached hydrogens (primary N) is 1. The van der Waals surface area contributed by atoms with E-state index in [0.29, 0.717) is 42.4 Å². The van der Waals surface area contributed by atoms with Crippen LogP contribution < -0.4 is 21.9 Å². The van der Waals surface area contributed by atoms with Crippen molar-refractivity contribution < 1.29 is 4.79 Å². The number of hydrogen-bond acceptors (Lipinski definition) is 6. The zero-order valence-electron chi connectivity index (χ0n) is 20.5. The number of fused-ring (bicyclic) bond motifs is 1. The molecule has 3 heterocycles. The molecule has 0 fully saturated rings. The number of rotatable bonds is 9. The number of H-pyrrole nitrogens is 1. The van der Waals surface area contributed by atoms with Crippen molar-refractivity contribution in [2.75, 3.05) is 17.2 Å². The topological polar surface area (TPSA) is 119 Å². The molecular weight excluding hydrogens is 500 g/mol. The molecule has 4 aromatic rings. The minimum Gasteiger partial charge on any atom is -0.383 e. The summed E-state index contributed by atoms with van der Waals surface area (Å²) in [5, 5.41) is 6.15. The SMILES string of the molecule is CCCCN(C(=O)c1cc2c(C)nn(Cc3ccccc3Cl)c2s1)c1c(N)n(CCC)c(=O)[nH]c1=O. The van der Waals surface area contributed by atoms with Gasteiger partial charge in [-0.15, -0.1) is 11.3 Å². The second-order valence-corrected chi connectivity index (χ2v) is 10.1. The first-order valence-corrected chi connectivity index (χ1v) is 13.1. The van der Waals surface area contributed by atoms with Gasteiger partial charge in [-0.2, -0.15) is 5.10 Å². The average Bonchev–Trinajstić information content (AvgIpc) is 3.40. The Balaban J connectivity index is 1.78. The average molecular weight is 529 g/mol. The Hall–Kier alpha value is -3.37. The van der Waals surface area contributed by atoms with Gasteiger partial charge in [0.15, 0.2) is 5.69 Å². The Kier molecular flexibility index (Phi) is 7.65. The normalized spacial score (nSPS) is 11.3. The highest BCUT2D eigenvalue weighted by Crippen LogP contribution is 2.32. The van der Waals surface area contributed by atoms with Gasteiger partial charge in [-0.1, -0.05) is 50.1 Å². The summed E-state index contributed by atoms with van der Waals surface area (Å²) in [6.45, 7) is 6.90. The summed E-state index contributed by atoms with van der Waals surface area (Å²) in [5.41, 5.74) is 6.76. The van der Waals surface area contributed by atoms with Crippen molar-refractivity contribution in [3.05, 3.63) is 72.3 Å². The summed E-state index contributed by atoms with van der Waals surface area (Å²) >= 11 is 7.66. The molecule has 0 aliphatic rings. The number of nitrogens with one attached hydrogen (secondary N) is 1. The monoisotopic (exact) mass is 528 g/mol. The number of thiophene rings is 1. The lowest BCUT2D eigenvalue weighted by Gasteiger charge is -2.24. The van der Waals surface area contributed by atoms with Crippen LogP contribution in [0.2, 0.25) is 5.02 Å². The number of amides is 1. The first-order valence-electron chi connectivity index (χ1n) is 11.9. The molecule has 1 amide bonds. The number of aromatic nitrogens is 4. The van der Waals surface area contributed by atoms with E-state index >= 15 is 0 Å². The van der Waals surface area contributed by atoms with Crippen LogP contribution in [0, 0.1) is 6.92 Å². The van der Waals surface area contributed by atoms with Gasteiger partial charge in [-0.05, 0) is 37.5 Å². The van der Waals surface area contributed by atoms with Gasteiger partial charge >= 0.3 is 5.69 Å². The van der Waals surface area contributed by atoms with Crippen molar-refractivity contribution in [1.82, 2.24) is 19.3 Å². The standard InChI is InChI=1S/C25H29ClN6O3S/c1-4-6-12-30(20-21(27)31(11-5-2)25(35)28-22(20)33)23(34)19-13-17-15(3)29-32(24(17)36-19)14-16-9-7-8-10-18(16)26/h7-10,13H,4-6,11-12,14,27H2,1-3H3,(H,28,33,35). The Morgan fingerprint density at radius 3 is 2.67 bits per heavy atom. The third-order valence-electron chi connectivity index (χ3n) is 6.01. The molecule has 4 rings (SSSR count). The number of benzene rings is 1. The van der Waals surface area contributed by atoms with Crippen LogP contribution in [0.3, 0.4) is 0 Å². The number of hydrogen-bond donors (Lipinski definition) is 2. The number of anilines is 2. The van der Waals surface area contributed by atoms with Crippen LogP contribution in [0.25, 0.3) is 10.2 Å². The van der Waals surface area contributed by atoms with Crippen molar-refractivity contribution in [3.8, 4) is 0 Å². The van der Waals surface area contributed by atoms with E-state index in [1.165, 1.54) is 20.8 Å². The van der Waals surface area contributed by atoms with Crippen molar-refractivity contribution in [2.24, 2.45) is 0 Å². The van der Waals surface area contributed by atoms with Gasteiger partial charge < -0.3 is 5.73 Å². The molecule has 0 saturated carbocycles. The molecule has 3 N–H and O–H groups in total. The quantitative estimate of drug-likeness (QED) is 0.334. The molecule has 190 valence electrons. The Labute approximate surface area is 217 Å². The Bertz CT molecular complexity index is 1530. The second kappa shape index (κ2) is 10.7. The van der Waals surface area contributed by atoms with Crippen LogP contribution in [0.1, 0.15) is 54.0 Å². The van der Waals surface area contributed by atoms with Gasteiger partial charge in [0.05, 0.1) is 17.1 Å². The van der Waals surface area contributed by atoms with Crippen LogP contribution in [-0.4, -0.2) is 31.8 Å². The molecule has 0 aliphatic heterocycles. The zero-order valence-corrected chi connectivity index (χ0v) is 22.1. The van der Waals surface area contributed by atoms with E-state index in [2.05, 4.69) is 10.1 Å². The van der Waals surface area contributed by atoms with Crippen molar-refractivity contribution in [1.29, 1.82) is 0 Å². The van der Waals surface area contributed by atoms with Crippen LogP contribution in [0.15, 0.2) is 39.9 Å². The maximum absolute atomic E-state index is 13.8. The number of nitrogen functional groups attached to an aromatic ring is 1. The van der Waals surface area contributed by atoms with Gasteiger partial charge in [0.25, 0.3) is 11.5 Å². The summed E-state index contributed by atoms with van der Waals surface area (Å²) in [6, 6.07) is 9.37. The number of carbonyl (C=O) groups is 1. The molecule has 0 saturated heterocycles. The fourth-order valence-electron chi connectivity index (χ4n) is 4.16. The van der Waals surface area contributed by atoms with E-state index in [4.69, 9.17) is 17.3 Å². The predicted octanol–water partition coefficient (Wildman–Crippen LogP) is 4.40. The fraction of sp³-hybridized carbons (Fsp3) is 0.360. The van der Waals surface area contributed by atoms with Gasteiger partial charge in [0.2, 0.25) is 0 Å². The highest BCUT2D eigenvalue weighted by Gasteiger charge is 2.27. The van der Waals surface area contributed by atoms with Gasteiger partial charge in [-0.3, -0.25) is 28.7 Å². The van der Waals surface area contributed by atoms with Crippen LogP contribution in [0.5, 0.6) is 0 Å². The highest BCUT2D eigenvalue weighted by atomic mass is 35.5. The van der Waals surface area contributed by atoms with Gasteiger partial charge in [0, 0.05) is 23.5 Å². The van der Waals surface area contributed by atoms with E-state index in [9.17, 15) is 14.4 Å². The molecular formula is C25H29ClN6O3S. The minimum absolute atomic E-state index is 0.00256. The number of aromatic amines is 1. The molecule has 0 radical (unpaired) electrons. The number of nitrogens with zero attached hydrogens (tertiary/aromatic N) is 4. The largest absolute Gasteiger partial charge is 0.383 e. The molecule has 0 unspecified atom stereocenters. The number of carbonyl (C=O) groups excluding carboxylic acids is 1. The molecule has 11 heteroatoms. The van der Waals surface area contributed by atoms with Crippen LogP contribution >= 0.6 is 22.9 Å². The number of aryl methyl sites for hydroxylation is 1. The number of halogens is 1. The third kappa shape index (κ3) is 4.83. The maximum Gasteiger partial charge on any atom is 0.330 e. The predicted molar refractivity (Wildman–Crippen MR) is 146 cm³/mol. The minimum atomic E-state index is -0.670. The summed E-state index contributed by atoms with van der Waals surface area (Å²) in [4.78, 5) is 44.0. The lowest BCUT2D eigenvalue weighted by atomic mass is 10.2. The Morgan fingerprint density at radius 2 is 1.97 bits per heavy atom. The third-order valence-corrected chi connectivity index (χ3v) is 7.51. The lowest BCUT2D eigenvalue weighted by molar-refractivity contribution is 0.0990. The van der Waals surface area contributed by atoms with Crippen molar-refractivity contribution in [2.45, 2.75) is 53.1 Å². The maximum atomic E-state index is 13.8. The molecule has 9 nitrogen and oxygen atoms in total. The molecule has 36 heavy (non-hydrogen) atoms. The summed E-state index contributed by atoms with van der Waals surface area (Å²) in [5.74, 6) is -0.343. The fourth-order valence-corrected chi connectivity index (χ4v) is 5.47. The number of unbranched alkanes of at least 4 members (excludes halogenated alkanes) is 1. The van der Waals surface area contributed by atoms with E-state index in [1.54, 1.807) is 6.07 Å². The highest BCUT2D eigenvalue weighted by molar-refractivity contribution is 7.20. The Morgan fingerprint density at radius 1 is 1.22 bits per heavy atom. The molecule has 0 spiro atoms. The second-order valence-electron chi connectivity index (χ2n) is 8.62. The first-order chi connectivity index (χ1) is 17.3. The smallest absolute Gasteiger partial charge is 0.330 e. The summed E-state index contributed by atoms with van der Waals surface area (Å²) in [6.07, 6.45) is 2.13. The van der Waals surface area contributed by atoms with Gasteiger partial charge in [0.1, 0.15) is 10.6 Å². The van der Waals surface area contributed by atoms with E-state index < -0.39 is 11.2 Å². The van der Waals surface area contributed by atoms with Crippen LogP contribution in [0.4, 0.5) is 11.5 Å². The van der Waals surface area contributed by atoms with Gasteiger partial charge in [-0.25, -0.2) is 4.79 Å². The first kappa shape index (κ1) is 25.7. The van der Waals surface area contributed by atoms with E-state index in [-0.39, 0.29) is 17.4 Å². The van der Waals surface area contributed by atoms with E-state index in [1.807, 2.05) is 49.7 Å². The zero-order chi connectivity index (χ0) is 26.0. The van der Waals surface area contributed by atoms with Crippen molar-refractivity contribution >= 4 is 50.6 Å². The molecule has 0 aliphatic carbocycles. The summed E-state index contributed by atoms with van der Waals surface area (Å²) in [7, 11) is 0. The summed E-state index contributed by atoms with van der Waals surface area (Å²) < 4.78 is 3.14. The lowest BCUT2D eigenvalue weighted by Crippen LogP contribution is -2.41. The van der Waals surface area contributed by atoms with Crippen molar-refractivity contribution in [3.63, 3.8) is 0 Å².